The predicted molar refractivity (Wildman–Crippen MR) is 95.2 cm³/mol. The summed E-state index contributed by atoms with van der Waals surface area (Å²) in [5, 5.41) is 3.19. The normalized spacial score (nSPS) is 18.8. The Labute approximate surface area is 144 Å². The number of hydrogen-bond donors (Lipinski definition) is 2. The van der Waals surface area contributed by atoms with Gasteiger partial charge in [-0.1, -0.05) is 43.7 Å². The summed E-state index contributed by atoms with van der Waals surface area (Å²) in [6, 6.07) is 9.97. The van der Waals surface area contributed by atoms with E-state index in [1.165, 1.54) is 0 Å². The molecule has 0 saturated carbocycles. The molecule has 1 aromatic rings. The third kappa shape index (κ3) is 4.81. The van der Waals surface area contributed by atoms with Gasteiger partial charge in [-0.3, -0.25) is 14.5 Å². The molecule has 2 atom stereocenters. The highest BCUT2D eigenvalue weighted by molar-refractivity contribution is 5.82. The molecular weight excluding hydrogens is 302 g/mol. The number of primary amides is 1. The molecule has 0 radical (unpaired) electrons. The van der Waals surface area contributed by atoms with Gasteiger partial charge in [-0.15, -0.1) is 0 Å². The van der Waals surface area contributed by atoms with Crippen LogP contribution < -0.4 is 11.1 Å². The first-order valence-corrected chi connectivity index (χ1v) is 8.91. The van der Waals surface area contributed by atoms with E-state index in [0.717, 1.165) is 44.3 Å². The second kappa shape index (κ2) is 8.83. The predicted octanol–water partition coefficient (Wildman–Crippen LogP) is 2.23. The van der Waals surface area contributed by atoms with E-state index in [0.29, 0.717) is 0 Å². The Morgan fingerprint density at radius 2 is 1.88 bits per heavy atom. The largest absolute Gasteiger partial charge is 0.369 e. The highest BCUT2D eigenvalue weighted by Crippen LogP contribution is 2.21. The van der Waals surface area contributed by atoms with Crippen LogP contribution in [0.5, 0.6) is 0 Å². The van der Waals surface area contributed by atoms with Crippen LogP contribution in [0, 0.1) is 5.92 Å². The van der Waals surface area contributed by atoms with Crippen LogP contribution >= 0.6 is 0 Å². The van der Waals surface area contributed by atoms with Crippen LogP contribution in [0.1, 0.15) is 51.1 Å². The Morgan fingerprint density at radius 3 is 2.42 bits per heavy atom. The molecule has 0 aliphatic carbocycles. The van der Waals surface area contributed by atoms with Gasteiger partial charge in [0.25, 0.3) is 0 Å². The highest BCUT2D eigenvalue weighted by atomic mass is 16.2. The Bertz CT molecular complexity index is 539. The Balaban J connectivity index is 1.93. The van der Waals surface area contributed by atoms with Gasteiger partial charge in [0, 0.05) is 5.92 Å². The average Bonchev–Trinajstić information content (AvgIpc) is 2.61. The van der Waals surface area contributed by atoms with Crippen molar-refractivity contribution in [2.45, 2.75) is 51.6 Å². The number of carbonyl (C=O) groups is 2. The first-order valence-electron chi connectivity index (χ1n) is 8.91. The summed E-state index contributed by atoms with van der Waals surface area (Å²) < 4.78 is 0. The standard InChI is InChI=1S/C19H29N3O2/c1-3-7-17(15-8-5-4-6-9-15)21-19(24)14(2)22-12-10-16(11-13-22)18(20)23/h4-6,8-9,14,16-17H,3,7,10-13H2,1-2H3,(H2,20,23)(H,21,24)/t14-,17+/m1/s1. The van der Waals surface area contributed by atoms with E-state index >= 15 is 0 Å². The Morgan fingerprint density at radius 1 is 1.25 bits per heavy atom. The number of nitrogens with zero attached hydrogens (tertiary/aromatic N) is 1. The molecule has 5 heteroatoms. The summed E-state index contributed by atoms with van der Waals surface area (Å²) >= 11 is 0. The fourth-order valence-corrected chi connectivity index (χ4v) is 3.33. The van der Waals surface area contributed by atoms with Crippen LogP contribution in [0.2, 0.25) is 0 Å². The van der Waals surface area contributed by atoms with Crippen LogP contribution in [-0.2, 0) is 9.59 Å². The molecule has 2 rings (SSSR count). The van der Waals surface area contributed by atoms with Crippen LogP contribution in [0.3, 0.4) is 0 Å². The topological polar surface area (TPSA) is 75.4 Å². The van der Waals surface area contributed by atoms with Gasteiger partial charge in [-0.05, 0) is 44.8 Å². The minimum absolute atomic E-state index is 0.0475. The van der Waals surface area contributed by atoms with E-state index in [9.17, 15) is 9.59 Å². The van der Waals surface area contributed by atoms with Crippen LogP contribution in [0.4, 0.5) is 0 Å². The zero-order valence-electron chi connectivity index (χ0n) is 14.7. The number of amides is 2. The second-order valence-electron chi connectivity index (χ2n) is 6.65. The lowest BCUT2D eigenvalue weighted by Gasteiger charge is -2.35. The highest BCUT2D eigenvalue weighted by Gasteiger charge is 2.29. The molecule has 0 unspecified atom stereocenters. The third-order valence-electron chi connectivity index (χ3n) is 4.95. The molecule has 1 aliphatic rings. The van der Waals surface area contributed by atoms with Crippen molar-refractivity contribution in [3.05, 3.63) is 35.9 Å². The molecule has 1 saturated heterocycles. The summed E-state index contributed by atoms with van der Waals surface area (Å²) in [5.41, 5.74) is 6.52. The monoisotopic (exact) mass is 331 g/mol. The van der Waals surface area contributed by atoms with Crippen LogP contribution in [0.15, 0.2) is 30.3 Å². The molecular formula is C19H29N3O2. The first-order chi connectivity index (χ1) is 11.5. The van der Waals surface area contributed by atoms with Crippen molar-refractivity contribution in [3.8, 4) is 0 Å². The number of carbonyl (C=O) groups excluding carboxylic acids is 2. The van der Waals surface area contributed by atoms with Crippen molar-refractivity contribution in [2.75, 3.05) is 13.1 Å². The van der Waals surface area contributed by atoms with Gasteiger partial charge >= 0.3 is 0 Å². The number of nitrogens with one attached hydrogen (secondary N) is 1. The Hall–Kier alpha value is -1.88. The van der Waals surface area contributed by atoms with Gasteiger partial charge in [0.2, 0.25) is 11.8 Å². The molecule has 24 heavy (non-hydrogen) atoms. The lowest BCUT2D eigenvalue weighted by molar-refractivity contribution is -0.128. The van der Waals surface area contributed by atoms with E-state index < -0.39 is 0 Å². The van der Waals surface area contributed by atoms with Crippen LogP contribution in [0.25, 0.3) is 0 Å². The zero-order chi connectivity index (χ0) is 17.5. The van der Waals surface area contributed by atoms with E-state index in [4.69, 9.17) is 5.73 Å². The number of piperidine rings is 1. The molecule has 0 spiro atoms. The van der Waals surface area contributed by atoms with E-state index in [1.54, 1.807) is 0 Å². The van der Waals surface area contributed by atoms with Gasteiger partial charge in [0.15, 0.2) is 0 Å². The van der Waals surface area contributed by atoms with E-state index in [1.807, 2.05) is 25.1 Å². The molecule has 0 bridgehead atoms. The molecule has 1 heterocycles. The summed E-state index contributed by atoms with van der Waals surface area (Å²) in [7, 11) is 0. The van der Waals surface area contributed by atoms with Crippen LogP contribution in [-0.4, -0.2) is 35.8 Å². The van der Waals surface area contributed by atoms with E-state index in [-0.39, 0.29) is 29.8 Å². The van der Waals surface area contributed by atoms with Gasteiger partial charge in [-0.2, -0.15) is 0 Å². The maximum atomic E-state index is 12.7. The Kier molecular flexibility index (Phi) is 6.79. The van der Waals surface area contributed by atoms with Crippen molar-refractivity contribution in [3.63, 3.8) is 0 Å². The number of rotatable bonds is 7. The van der Waals surface area contributed by atoms with Gasteiger partial charge in [0.05, 0.1) is 12.1 Å². The molecule has 132 valence electrons. The summed E-state index contributed by atoms with van der Waals surface area (Å²) in [6.07, 6.45) is 3.42. The second-order valence-corrected chi connectivity index (χ2v) is 6.65. The fraction of sp³-hybridized carbons (Fsp3) is 0.579. The SMILES string of the molecule is CCC[C@H](NC(=O)[C@@H](C)N1CCC(C(N)=O)CC1)c1ccccc1. The van der Waals surface area contributed by atoms with Gasteiger partial charge in [0.1, 0.15) is 0 Å². The van der Waals surface area contributed by atoms with Crippen molar-refractivity contribution in [2.24, 2.45) is 11.7 Å². The third-order valence-corrected chi connectivity index (χ3v) is 4.95. The number of benzene rings is 1. The summed E-state index contributed by atoms with van der Waals surface area (Å²) in [5.74, 6) is -0.220. The minimum atomic E-state index is -0.223. The van der Waals surface area contributed by atoms with Crippen molar-refractivity contribution < 1.29 is 9.59 Å². The number of hydrogen-bond acceptors (Lipinski definition) is 3. The van der Waals surface area contributed by atoms with Gasteiger partial charge in [-0.25, -0.2) is 0 Å². The molecule has 3 N–H and O–H groups in total. The zero-order valence-corrected chi connectivity index (χ0v) is 14.7. The van der Waals surface area contributed by atoms with E-state index in [2.05, 4.69) is 29.3 Å². The summed E-state index contributed by atoms with van der Waals surface area (Å²) in [4.78, 5) is 26.1. The summed E-state index contributed by atoms with van der Waals surface area (Å²) in [6.45, 7) is 5.55. The molecule has 5 nitrogen and oxygen atoms in total. The van der Waals surface area contributed by atoms with Gasteiger partial charge < -0.3 is 11.1 Å². The van der Waals surface area contributed by atoms with Crippen molar-refractivity contribution in [1.29, 1.82) is 0 Å². The maximum absolute atomic E-state index is 12.7. The number of nitrogens with two attached hydrogens (primary N) is 1. The van der Waals surface area contributed by atoms with Crippen molar-refractivity contribution >= 4 is 11.8 Å². The fourth-order valence-electron chi connectivity index (χ4n) is 3.33. The minimum Gasteiger partial charge on any atom is -0.369 e. The quantitative estimate of drug-likeness (QED) is 0.804. The lowest BCUT2D eigenvalue weighted by Crippen LogP contribution is -2.50. The molecule has 1 aromatic carbocycles. The molecule has 2 amide bonds. The first kappa shape index (κ1) is 18.5. The molecule has 1 fully saturated rings. The van der Waals surface area contributed by atoms with Crippen molar-refractivity contribution in [1.82, 2.24) is 10.2 Å². The smallest absolute Gasteiger partial charge is 0.237 e. The average molecular weight is 331 g/mol. The maximum Gasteiger partial charge on any atom is 0.237 e. The molecule has 1 aliphatic heterocycles. The number of likely N-dealkylation sites (tertiary alicyclic amines) is 1. The molecule has 0 aromatic heterocycles. The lowest BCUT2D eigenvalue weighted by atomic mass is 9.95.